The molecular weight excluding hydrogens is 659 g/mol. The molecule has 0 aliphatic carbocycles. The first-order valence-corrected chi connectivity index (χ1v) is 15.5. The number of hydrogen-bond acceptors (Lipinski definition) is 7. The van der Waals surface area contributed by atoms with Gasteiger partial charge in [-0.1, -0.05) is 12.1 Å². The number of amides is 1. The fourth-order valence-electron chi connectivity index (χ4n) is 3.89. The van der Waals surface area contributed by atoms with Crippen molar-refractivity contribution < 1.29 is 22.7 Å². The van der Waals surface area contributed by atoms with Crippen molar-refractivity contribution >= 4 is 50.6 Å². The molecule has 5 aromatic rings. The molecular formula is C26H21F3N6O3Se2. The average Bonchev–Trinajstić information content (AvgIpc) is 3.51. The molecule has 0 spiro atoms. The summed E-state index contributed by atoms with van der Waals surface area (Å²) in [6.07, 6.45) is -1.70. The van der Waals surface area contributed by atoms with Crippen molar-refractivity contribution in [1.82, 2.24) is 24.0 Å². The average molecular weight is 680 g/mol. The minimum absolute atomic E-state index is 0.00984. The molecule has 3 aromatic heterocycles. The minimum atomic E-state index is -4.80. The number of aromatic nitrogens is 5. The normalized spacial score (nSPS) is 11.6. The van der Waals surface area contributed by atoms with Gasteiger partial charge in [0.05, 0.1) is 0 Å². The number of unbranched alkanes of at least 4 members (excludes halogenated alkanes) is 1. The van der Waals surface area contributed by atoms with E-state index in [9.17, 15) is 22.8 Å². The molecule has 0 bridgehead atoms. The number of carbonyl (C=O) groups is 1. The van der Waals surface area contributed by atoms with Gasteiger partial charge in [0.2, 0.25) is 0 Å². The summed E-state index contributed by atoms with van der Waals surface area (Å²) in [5.41, 5.74) is 1.15. The Kier molecular flexibility index (Phi) is 8.60. The Bertz CT molecular complexity index is 1680. The molecule has 1 amide bonds. The zero-order valence-electron chi connectivity index (χ0n) is 20.7. The predicted molar refractivity (Wildman–Crippen MR) is 143 cm³/mol. The van der Waals surface area contributed by atoms with Crippen LogP contribution in [0.1, 0.15) is 28.7 Å². The Morgan fingerprint density at radius 2 is 1.77 bits per heavy atom. The van der Waals surface area contributed by atoms with Crippen LogP contribution in [-0.2, 0) is 24.1 Å². The number of benzene rings is 2. The fourth-order valence-corrected chi connectivity index (χ4v) is 8.21. The molecule has 5 rings (SSSR count). The SMILES string of the molecule is O=C(Cc1cccc(OC(F)(F)F)c1)Nc1ccc(CCCCc2nnc(-n3[se]c4ccccc4c3=O)[se]2)nn1. The van der Waals surface area contributed by atoms with Crippen LogP contribution in [0.3, 0.4) is 0 Å². The van der Waals surface area contributed by atoms with Crippen LogP contribution in [0.5, 0.6) is 5.75 Å². The van der Waals surface area contributed by atoms with Crippen molar-refractivity contribution in [3.8, 4) is 10.4 Å². The number of carbonyl (C=O) groups excluding carboxylic acids is 1. The summed E-state index contributed by atoms with van der Waals surface area (Å²) in [5.74, 6) is -0.568. The number of nitrogens with one attached hydrogen (secondary N) is 1. The Hall–Kier alpha value is -3.57. The monoisotopic (exact) mass is 682 g/mol. The second-order valence-corrected chi connectivity index (χ2v) is 13.0. The second-order valence-electron chi connectivity index (χ2n) is 8.70. The van der Waals surface area contributed by atoms with Gasteiger partial charge < -0.3 is 4.74 Å². The Balaban J connectivity index is 1.07. The third kappa shape index (κ3) is 7.33. The number of anilines is 1. The summed E-state index contributed by atoms with van der Waals surface area (Å²) in [7, 11) is 0. The molecule has 14 heteroatoms. The Labute approximate surface area is 237 Å². The second kappa shape index (κ2) is 12.3. The molecule has 0 saturated heterocycles. The van der Waals surface area contributed by atoms with Crippen LogP contribution in [0, 0.1) is 0 Å². The van der Waals surface area contributed by atoms with Gasteiger partial charge in [0.25, 0.3) is 0 Å². The molecule has 0 radical (unpaired) electrons. The number of fused-ring (bicyclic) bond motifs is 1. The van der Waals surface area contributed by atoms with E-state index in [1.807, 2.05) is 24.3 Å². The Morgan fingerprint density at radius 1 is 0.950 bits per heavy atom. The Morgan fingerprint density at radius 3 is 2.55 bits per heavy atom. The number of alkyl halides is 3. The summed E-state index contributed by atoms with van der Waals surface area (Å²) < 4.78 is 45.7. The van der Waals surface area contributed by atoms with Gasteiger partial charge in [-0.25, -0.2) is 0 Å². The summed E-state index contributed by atoms with van der Waals surface area (Å²) >= 11 is -0.161. The van der Waals surface area contributed by atoms with Crippen molar-refractivity contribution in [3.63, 3.8) is 0 Å². The summed E-state index contributed by atoms with van der Waals surface area (Å²) in [4.78, 5) is 25.0. The molecule has 9 nitrogen and oxygen atoms in total. The number of aryl methyl sites for hydroxylation is 2. The number of ether oxygens (including phenoxy) is 1. The molecule has 206 valence electrons. The van der Waals surface area contributed by atoms with E-state index in [4.69, 9.17) is 0 Å². The first-order chi connectivity index (χ1) is 19.2. The molecule has 0 unspecified atom stereocenters. The number of hydrogen-bond donors (Lipinski definition) is 1. The summed E-state index contributed by atoms with van der Waals surface area (Å²) in [6, 6.07) is 16.3. The predicted octanol–water partition coefficient (Wildman–Crippen LogP) is 3.33. The molecule has 2 aromatic carbocycles. The van der Waals surface area contributed by atoms with Gasteiger partial charge in [-0.3, -0.25) is 0 Å². The van der Waals surface area contributed by atoms with E-state index in [0.29, 0.717) is 12.0 Å². The van der Waals surface area contributed by atoms with Gasteiger partial charge in [0.1, 0.15) is 5.75 Å². The van der Waals surface area contributed by atoms with Crippen LogP contribution in [0.15, 0.2) is 65.5 Å². The third-order valence-electron chi connectivity index (χ3n) is 5.68. The quantitative estimate of drug-likeness (QED) is 0.178. The standard InChI is InChI=1S/C26H21F3N6O3Se2/c27-26(28,29)38-18-8-5-6-16(14-18)15-22(36)30-21-13-12-17(31-32-21)7-1-4-11-23-33-34-25(39-23)35-24(37)19-9-2-3-10-20(19)40-35/h2-3,5-6,8-10,12-14H,1,4,7,11,15H2,(H,30,32,36). The zero-order chi connectivity index (χ0) is 28.1. The van der Waals surface area contributed by atoms with Gasteiger partial charge in [0.15, 0.2) is 0 Å². The van der Waals surface area contributed by atoms with Crippen molar-refractivity contribution in [2.45, 2.75) is 38.5 Å². The molecule has 0 atom stereocenters. The van der Waals surface area contributed by atoms with E-state index in [-0.39, 0.29) is 52.8 Å². The van der Waals surface area contributed by atoms with E-state index >= 15 is 0 Å². The zero-order valence-corrected chi connectivity index (χ0v) is 24.1. The molecule has 40 heavy (non-hydrogen) atoms. The van der Waals surface area contributed by atoms with Crippen molar-refractivity contribution in [2.24, 2.45) is 0 Å². The van der Waals surface area contributed by atoms with Crippen LogP contribution in [0.4, 0.5) is 19.0 Å². The van der Waals surface area contributed by atoms with Crippen molar-refractivity contribution in [2.75, 3.05) is 5.32 Å². The maximum absolute atomic E-state index is 12.7. The molecule has 3 heterocycles. The first-order valence-electron chi connectivity index (χ1n) is 12.1. The van der Waals surface area contributed by atoms with Crippen LogP contribution in [0.2, 0.25) is 0 Å². The molecule has 1 N–H and O–H groups in total. The van der Waals surface area contributed by atoms with Crippen LogP contribution in [0.25, 0.3) is 14.3 Å². The van der Waals surface area contributed by atoms with E-state index in [2.05, 4.69) is 30.4 Å². The first kappa shape index (κ1) is 28.0. The van der Waals surface area contributed by atoms with Gasteiger partial charge in [-0.15, -0.1) is 13.2 Å². The van der Waals surface area contributed by atoms with Gasteiger partial charge in [-0.05, 0) is 17.7 Å². The van der Waals surface area contributed by atoms with Crippen molar-refractivity contribution in [3.05, 3.63) is 86.8 Å². The van der Waals surface area contributed by atoms with Crippen LogP contribution < -0.4 is 15.6 Å². The number of nitrogens with zero attached hydrogens (tertiary/aromatic N) is 5. The van der Waals surface area contributed by atoms with E-state index in [1.165, 1.54) is 24.3 Å². The molecule has 0 saturated carbocycles. The van der Waals surface area contributed by atoms with Crippen molar-refractivity contribution in [1.29, 1.82) is 0 Å². The van der Waals surface area contributed by atoms with E-state index < -0.39 is 12.3 Å². The topological polar surface area (TPSA) is 112 Å². The van der Waals surface area contributed by atoms with E-state index in [0.717, 1.165) is 43.9 Å². The molecule has 0 fully saturated rings. The third-order valence-corrected chi connectivity index (χ3v) is 10.5. The fraction of sp³-hybridized carbons (Fsp3) is 0.231. The van der Waals surface area contributed by atoms with Gasteiger partial charge >= 0.3 is 185 Å². The number of halogens is 3. The number of rotatable bonds is 10. The van der Waals surface area contributed by atoms with Crippen LogP contribution in [-0.4, -0.2) is 65.5 Å². The van der Waals surface area contributed by atoms with Gasteiger partial charge in [0, 0.05) is 0 Å². The summed E-state index contributed by atoms with van der Waals surface area (Å²) in [6.45, 7) is 0. The van der Waals surface area contributed by atoms with E-state index in [1.54, 1.807) is 15.7 Å². The summed E-state index contributed by atoms with van der Waals surface area (Å²) in [5, 5.41) is 20.1. The molecule has 0 aliphatic heterocycles. The maximum atomic E-state index is 12.7. The van der Waals surface area contributed by atoms with Crippen LogP contribution >= 0.6 is 0 Å². The molecule has 0 aliphatic rings. The van der Waals surface area contributed by atoms with Gasteiger partial charge in [-0.2, -0.15) is 0 Å².